The summed E-state index contributed by atoms with van der Waals surface area (Å²) in [7, 11) is 0. The van der Waals surface area contributed by atoms with E-state index in [0.29, 0.717) is 0 Å². The van der Waals surface area contributed by atoms with Crippen molar-refractivity contribution < 1.29 is 5.11 Å². The summed E-state index contributed by atoms with van der Waals surface area (Å²) in [6, 6.07) is 8.25. The molecule has 4 rings (SSSR count). The van der Waals surface area contributed by atoms with Gasteiger partial charge in [0.2, 0.25) is 0 Å². The first kappa shape index (κ1) is 19.7. The lowest BCUT2D eigenvalue weighted by molar-refractivity contribution is -0.185. The minimum atomic E-state index is -0.857. The summed E-state index contributed by atoms with van der Waals surface area (Å²) in [5.74, 6) is 0. The maximum Gasteiger partial charge on any atom is 0.123 e. The van der Waals surface area contributed by atoms with Crippen LogP contribution in [0.2, 0.25) is 5.02 Å². The lowest BCUT2D eigenvalue weighted by Crippen LogP contribution is -2.71. The largest absolute Gasteiger partial charge is 0.382 e. The summed E-state index contributed by atoms with van der Waals surface area (Å²) in [6.45, 7) is 6.80. The van der Waals surface area contributed by atoms with Crippen molar-refractivity contribution in [2.45, 2.75) is 81.9 Å². The lowest BCUT2D eigenvalue weighted by Gasteiger charge is -2.61. The third kappa shape index (κ3) is 3.46. The Bertz CT molecular complexity index is 624. The van der Waals surface area contributed by atoms with E-state index in [1.165, 1.54) is 44.9 Å². The van der Waals surface area contributed by atoms with E-state index in [1.54, 1.807) is 0 Å². The summed E-state index contributed by atoms with van der Waals surface area (Å²) >= 11 is 6.20. The zero-order chi connectivity index (χ0) is 18.9. The van der Waals surface area contributed by atoms with Gasteiger partial charge in [-0.05, 0) is 95.7 Å². The number of piperidine rings is 2. The molecule has 3 aliphatic rings. The molecule has 0 amide bonds. The predicted octanol–water partition coefficient (Wildman–Crippen LogP) is 4.81. The summed E-state index contributed by atoms with van der Waals surface area (Å²) in [5, 5.41) is 13.3. The monoisotopic (exact) mass is 390 g/mol. The molecule has 1 aromatic rings. The summed E-state index contributed by atoms with van der Waals surface area (Å²) in [5.41, 5.74) is -0.0261. The highest BCUT2D eigenvalue weighted by molar-refractivity contribution is 6.30. The van der Waals surface area contributed by atoms with Crippen LogP contribution in [0.1, 0.15) is 70.3 Å². The average molecular weight is 391 g/mol. The van der Waals surface area contributed by atoms with E-state index in [9.17, 15) is 5.11 Å². The fraction of sp³-hybridized carbons (Fsp3) is 0.739. The second-order valence-electron chi connectivity index (χ2n) is 9.10. The van der Waals surface area contributed by atoms with E-state index in [4.69, 9.17) is 11.6 Å². The number of hydrogen-bond donors (Lipinski definition) is 1. The third-order valence-electron chi connectivity index (χ3n) is 7.61. The van der Waals surface area contributed by atoms with Gasteiger partial charge in [-0.25, -0.2) is 0 Å². The van der Waals surface area contributed by atoms with Gasteiger partial charge in [-0.3, -0.25) is 9.80 Å². The first-order chi connectivity index (χ1) is 13.1. The SMILES string of the molecule is CC1(N2CCCCC2)CCCC(N2CCCCC2)C1(O)c1ccc(Cl)cc1. The normalized spacial score (nSPS) is 36.6. The van der Waals surface area contributed by atoms with Crippen molar-refractivity contribution in [1.82, 2.24) is 9.80 Å². The predicted molar refractivity (Wildman–Crippen MR) is 112 cm³/mol. The minimum absolute atomic E-state index is 0.194. The van der Waals surface area contributed by atoms with E-state index in [2.05, 4.69) is 28.9 Å². The first-order valence-electron chi connectivity index (χ1n) is 11.0. The summed E-state index contributed by atoms with van der Waals surface area (Å²) in [4.78, 5) is 5.21. The van der Waals surface area contributed by atoms with E-state index < -0.39 is 5.60 Å². The number of benzene rings is 1. The minimum Gasteiger partial charge on any atom is -0.382 e. The maximum atomic E-state index is 12.6. The maximum absolute atomic E-state index is 12.6. The first-order valence-corrected chi connectivity index (χ1v) is 11.4. The lowest BCUT2D eigenvalue weighted by atomic mass is 9.62. The van der Waals surface area contributed by atoms with E-state index in [0.717, 1.165) is 49.6 Å². The van der Waals surface area contributed by atoms with E-state index in [-0.39, 0.29) is 11.6 Å². The van der Waals surface area contributed by atoms with Gasteiger partial charge in [0.25, 0.3) is 0 Å². The van der Waals surface area contributed by atoms with Crippen molar-refractivity contribution in [1.29, 1.82) is 0 Å². The van der Waals surface area contributed by atoms with Crippen LogP contribution in [0.3, 0.4) is 0 Å². The molecule has 3 unspecified atom stereocenters. The number of rotatable bonds is 3. The van der Waals surface area contributed by atoms with Gasteiger partial charge in [0, 0.05) is 11.1 Å². The van der Waals surface area contributed by atoms with Gasteiger partial charge >= 0.3 is 0 Å². The molecule has 2 heterocycles. The highest BCUT2D eigenvalue weighted by Gasteiger charge is 2.59. The number of likely N-dealkylation sites (tertiary alicyclic amines) is 2. The van der Waals surface area contributed by atoms with Gasteiger partial charge in [0.1, 0.15) is 5.60 Å². The Hall–Kier alpha value is -0.610. The van der Waals surface area contributed by atoms with Gasteiger partial charge < -0.3 is 5.11 Å². The molecular weight excluding hydrogens is 356 g/mol. The Labute approximate surface area is 169 Å². The zero-order valence-corrected chi connectivity index (χ0v) is 17.6. The van der Waals surface area contributed by atoms with Crippen LogP contribution in [0, 0.1) is 0 Å². The van der Waals surface area contributed by atoms with Crippen molar-refractivity contribution in [3.63, 3.8) is 0 Å². The van der Waals surface area contributed by atoms with Crippen molar-refractivity contribution >= 4 is 11.6 Å². The molecule has 1 aromatic carbocycles. The summed E-state index contributed by atoms with van der Waals surface area (Å²) in [6.07, 6.45) is 11.0. The Kier molecular flexibility index (Phi) is 5.85. The van der Waals surface area contributed by atoms with Crippen molar-refractivity contribution in [3.05, 3.63) is 34.9 Å². The Morgan fingerprint density at radius 1 is 0.889 bits per heavy atom. The van der Waals surface area contributed by atoms with Crippen LogP contribution < -0.4 is 0 Å². The van der Waals surface area contributed by atoms with E-state index >= 15 is 0 Å². The highest BCUT2D eigenvalue weighted by atomic mass is 35.5. The molecule has 4 heteroatoms. The van der Waals surface area contributed by atoms with Gasteiger partial charge in [0.05, 0.1) is 5.54 Å². The highest BCUT2D eigenvalue weighted by Crippen LogP contribution is 2.50. The molecule has 150 valence electrons. The molecule has 1 aliphatic carbocycles. The molecule has 3 fully saturated rings. The number of nitrogens with zero attached hydrogens (tertiary/aromatic N) is 2. The Morgan fingerprint density at radius 3 is 2.11 bits per heavy atom. The van der Waals surface area contributed by atoms with Crippen LogP contribution >= 0.6 is 11.6 Å². The van der Waals surface area contributed by atoms with E-state index in [1.807, 2.05) is 12.1 Å². The molecule has 2 saturated heterocycles. The van der Waals surface area contributed by atoms with Crippen molar-refractivity contribution in [3.8, 4) is 0 Å². The molecule has 3 atom stereocenters. The van der Waals surface area contributed by atoms with Crippen molar-refractivity contribution in [2.24, 2.45) is 0 Å². The van der Waals surface area contributed by atoms with Crippen LogP contribution in [0.5, 0.6) is 0 Å². The van der Waals surface area contributed by atoms with Gasteiger partial charge in [-0.1, -0.05) is 36.6 Å². The average Bonchev–Trinajstić information content (AvgIpc) is 2.72. The van der Waals surface area contributed by atoms with Crippen LogP contribution in [-0.4, -0.2) is 52.7 Å². The van der Waals surface area contributed by atoms with Gasteiger partial charge in [0.15, 0.2) is 0 Å². The summed E-state index contributed by atoms with van der Waals surface area (Å²) < 4.78 is 0. The fourth-order valence-corrected chi connectivity index (χ4v) is 6.19. The van der Waals surface area contributed by atoms with Gasteiger partial charge in [-0.2, -0.15) is 0 Å². The van der Waals surface area contributed by atoms with Crippen molar-refractivity contribution in [2.75, 3.05) is 26.2 Å². The van der Waals surface area contributed by atoms with Crippen LogP contribution in [0.25, 0.3) is 0 Å². The molecule has 0 aromatic heterocycles. The quantitative estimate of drug-likeness (QED) is 0.802. The fourth-order valence-electron chi connectivity index (χ4n) is 6.07. The Balaban J connectivity index is 1.77. The molecule has 0 radical (unpaired) electrons. The second-order valence-corrected chi connectivity index (χ2v) is 9.54. The molecule has 3 nitrogen and oxygen atoms in total. The van der Waals surface area contributed by atoms with Crippen LogP contribution in [0.15, 0.2) is 24.3 Å². The molecule has 2 aliphatic heterocycles. The van der Waals surface area contributed by atoms with Gasteiger partial charge in [-0.15, -0.1) is 0 Å². The molecule has 1 N–H and O–H groups in total. The second kappa shape index (κ2) is 8.02. The smallest absolute Gasteiger partial charge is 0.123 e. The number of hydrogen-bond acceptors (Lipinski definition) is 3. The van der Waals surface area contributed by atoms with Crippen LogP contribution in [0.4, 0.5) is 0 Å². The molecule has 0 spiro atoms. The standard InChI is InChI=1S/C23H35ClN2O/c1-22(26-17-6-3-7-18-26)14-8-9-21(25-15-4-2-5-16-25)23(22,27)19-10-12-20(24)13-11-19/h10-13,21,27H,2-9,14-18H2,1H3. The molecular formula is C23H35ClN2O. The zero-order valence-electron chi connectivity index (χ0n) is 16.8. The molecule has 0 bridgehead atoms. The Morgan fingerprint density at radius 2 is 1.48 bits per heavy atom. The number of halogens is 1. The number of aliphatic hydroxyl groups is 1. The molecule has 27 heavy (non-hydrogen) atoms. The topological polar surface area (TPSA) is 26.7 Å². The van der Waals surface area contributed by atoms with Crippen LogP contribution in [-0.2, 0) is 5.60 Å². The third-order valence-corrected chi connectivity index (χ3v) is 7.87. The molecule has 1 saturated carbocycles.